The Kier molecular flexibility index (Phi) is 7.96. The first kappa shape index (κ1) is 24.2. The highest BCUT2D eigenvalue weighted by molar-refractivity contribution is 5.72. The molecule has 35 heavy (non-hydrogen) atoms. The molecule has 0 aliphatic heterocycles. The van der Waals surface area contributed by atoms with E-state index < -0.39 is 5.97 Å². The Hall–Kier alpha value is -3.89. The Labute approximate surface area is 207 Å². The van der Waals surface area contributed by atoms with E-state index in [4.69, 9.17) is 4.74 Å². The third-order valence-electron chi connectivity index (χ3n) is 6.45. The average Bonchev–Trinajstić information content (AvgIpc) is 2.91. The molecule has 0 heterocycles. The number of carboxylic acid groups (broad SMARTS) is 1. The summed E-state index contributed by atoms with van der Waals surface area (Å²) in [5.74, 6) is -0.0331. The van der Waals surface area contributed by atoms with Crippen LogP contribution in [0.25, 0.3) is 11.1 Å². The van der Waals surface area contributed by atoms with Crippen LogP contribution in [0.2, 0.25) is 0 Å². The van der Waals surface area contributed by atoms with Crippen molar-refractivity contribution in [2.75, 3.05) is 7.11 Å². The fourth-order valence-corrected chi connectivity index (χ4v) is 4.62. The van der Waals surface area contributed by atoms with E-state index >= 15 is 0 Å². The van der Waals surface area contributed by atoms with Crippen molar-refractivity contribution < 1.29 is 14.6 Å². The number of carbonyl (C=O) groups is 1. The number of hydrogen-bond acceptors (Lipinski definition) is 3. The Morgan fingerprint density at radius 1 is 0.829 bits per heavy atom. The topological polar surface area (TPSA) is 49.8 Å². The van der Waals surface area contributed by atoms with Gasteiger partial charge in [-0.2, -0.15) is 0 Å². The Morgan fingerprint density at radius 3 is 2.14 bits per heavy atom. The summed E-state index contributed by atoms with van der Waals surface area (Å²) >= 11 is 0. The number of methoxy groups -OCH3 is 1. The maximum atomic E-state index is 12.1. The van der Waals surface area contributed by atoms with E-state index in [1.807, 2.05) is 78.9 Å². The predicted octanol–water partition coefficient (Wildman–Crippen LogP) is 7.14. The molecule has 0 saturated heterocycles. The standard InChI is InChI=1S/C31H31NO3/c1-23(25-14-7-4-8-15-25)32(22-24-12-5-3-6-13-24)29(21-31(33)34)27-17-11-16-26(20-27)28-18-9-10-19-30(28)35-2/h3-20,23,29H,21-22H2,1-2H3,(H,33,34)/t23-,29+/m1/s1. The zero-order chi connectivity index (χ0) is 24.6. The predicted molar refractivity (Wildman–Crippen MR) is 140 cm³/mol. The number of carboxylic acids is 1. The van der Waals surface area contributed by atoms with Gasteiger partial charge in [0.15, 0.2) is 0 Å². The number of hydrogen-bond donors (Lipinski definition) is 1. The van der Waals surface area contributed by atoms with Crippen molar-refractivity contribution in [2.24, 2.45) is 0 Å². The second-order valence-corrected chi connectivity index (χ2v) is 8.68. The van der Waals surface area contributed by atoms with E-state index in [1.54, 1.807) is 7.11 Å². The molecule has 0 aliphatic carbocycles. The summed E-state index contributed by atoms with van der Waals surface area (Å²) in [7, 11) is 1.67. The highest BCUT2D eigenvalue weighted by atomic mass is 16.5. The summed E-state index contributed by atoms with van der Waals surface area (Å²) in [6.07, 6.45) is -0.000610. The van der Waals surface area contributed by atoms with Crippen molar-refractivity contribution in [3.05, 3.63) is 126 Å². The van der Waals surface area contributed by atoms with Gasteiger partial charge >= 0.3 is 5.97 Å². The lowest BCUT2D eigenvalue weighted by atomic mass is 9.94. The van der Waals surface area contributed by atoms with E-state index in [9.17, 15) is 9.90 Å². The van der Waals surface area contributed by atoms with E-state index in [1.165, 1.54) is 0 Å². The van der Waals surface area contributed by atoms with Crippen LogP contribution in [-0.2, 0) is 11.3 Å². The molecule has 4 aromatic carbocycles. The Morgan fingerprint density at radius 2 is 1.46 bits per heavy atom. The van der Waals surface area contributed by atoms with Crippen LogP contribution < -0.4 is 4.74 Å². The van der Waals surface area contributed by atoms with Gasteiger partial charge in [-0.05, 0) is 41.3 Å². The first-order chi connectivity index (χ1) is 17.1. The molecule has 4 heteroatoms. The minimum absolute atomic E-state index is 0.000610. The molecule has 0 fully saturated rings. The summed E-state index contributed by atoms with van der Waals surface area (Å²) in [6, 6.07) is 36.3. The molecule has 4 rings (SSSR count). The SMILES string of the molecule is COc1ccccc1-c1cccc([C@H](CC(=O)O)N(Cc2ccccc2)[C@H](C)c2ccccc2)c1. The molecule has 0 spiro atoms. The van der Waals surface area contributed by atoms with Gasteiger partial charge in [0.2, 0.25) is 0 Å². The number of nitrogens with zero attached hydrogens (tertiary/aromatic N) is 1. The minimum atomic E-state index is -0.823. The number of para-hydroxylation sites is 1. The second kappa shape index (κ2) is 11.5. The lowest BCUT2D eigenvalue weighted by Gasteiger charge is -2.37. The fourth-order valence-electron chi connectivity index (χ4n) is 4.62. The zero-order valence-corrected chi connectivity index (χ0v) is 20.2. The van der Waals surface area contributed by atoms with E-state index in [0.29, 0.717) is 6.54 Å². The molecular formula is C31H31NO3. The number of ether oxygens (including phenoxy) is 1. The van der Waals surface area contributed by atoms with E-state index in [0.717, 1.165) is 33.6 Å². The molecule has 0 amide bonds. The van der Waals surface area contributed by atoms with Gasteiger partial charge in [-0.3, -0.25) is 9.69 Å². The van der Waals surface area contributed by atoms with Crippen LogP contribution in [0.3, 0.4) is 0 Å². The van der Waals surface area contributed by atoms with Crippen molar-refractivity contribution in [3.63, 3.8) is 0 Å². The van der Waals surface area contributed by atoms with Crippen molar-refractivity contribution in [2.45, 2.75) is 32.0 Å². The zero-order valence-electron chi connectivity index (χ0n) is 20.2. The molecule has 0 aliphatic rings. The quantitative estimate of drug-likeness (QED) is 0.270. The molecule has 1 N–H and O–H groups in total. The van der Waals surface area contributed by atoms with Gasteiger partial charge in [0.25, 0.3) is 0 Å². The van der Waals surface area contributed by atoms with Crippen LogP contribution in [-0.4, -0.2) is 23.1 Å². The monoisotopic (exact) mass is 465 g/mol. The summed E-state index contributed by atoms with van der Waals surface area (Å²) in [5.41, 5.74) is 5.25. The smallest absolute Gasteiger partial charge is 0.305 e. The van der Waals surface area contributed by atoms with E-state index in [-0.39, 0.29) is 18.5 Å². The third-order valence-corrected chi connectivity index (χ3v) is 6.45. The summed E-state index contributed by atoms with van der Waals surface area (Å²) in [6.45, 7) is 2.78. The van der Waals surface area contributed by atoms with E-state index in [2.05, 4.69) is 42.2 Å². The minimum Gasteiger partial charge on any atom is -0.496 e. The second-order valence-electron chi connectivity index (χ2n) is 8.68. The lowest BCUT2D eigenvalue weighted by molar-refractivity contribution is -0.138. The highest BCUT2D eigenvalue weighted by Gasteiger charge is 2.28. The molecule has 4 aromatic rings. The van der Waals surface area contributed by atoms with Gasteiger partial charge in [0.05, 0.1) is 13.5 Å². The first-order valence-corrected chi connectivity index (χ1v) is 11.9. The molecule has 2 atom stereocenters. The number of benzene rings is 4. The van der Waals surface area contributed by atoms with Crippen molar-refractivity contribution >= 4 is 5.97 Å². The molecule has 0 unspecified atom stereocenters. The van der Waals surface area contributed by atoms with Crippen LogP contribution in [0.5, 0.6) is 5.75 Å². The van der Waals surface area contributed by atoms with Gasteiger partial charge in [-0.15, -0.1) is 0 Å². The van der Waals surface area contributed by atoms with Gasteiger partial charge in [-0.25, -0.2) is 0 Å². The summed E-state index contributed by atoms with van der Waals surface area (Å²) in [5, 5.41) is 9.93. The van der Waals surface area contributed by atoms with Gasteiger partial charge in [0.1, 0.15) is 5.75 Å². The summed E-state index contributed by atoms with van der Waals surface area (Å²) < 4.78 is 5.58. The lowest BCUT2D eigenvalue weighted by Crippen LogP contribution is -2.32. The first-order valence-electron chi connectivity index (χ1n) is 11.9. The number of aliphatic carboxylic acids is 1. The molecule has 0 bridgehead atoms. The third kappa shape index (κ3) is 5.97. The largest absolute Gasteiger partial charge is 0.496 e. The molecular weight excluding hydrogens is 434 g/mol. The average molecular weight is 466 g/mol. The maximum Gasteiger partial charge on any atom is 0.305 e. The van der Waals surface area contributed by atoms with Crippen molar-refractivity contribution in [1.82, 2.24) is 4.90 Å². The van der Waals surface area contributed by atoms with Gasteiger partial charge in [0, 0.05) is 24.2 Å². The van der Waals surface area contributed by atoms with Gasteiger partial charge in [-0.1, -0.05) is 97.1 Å². The Bertz CT molecular complexity index is 1240. The van der Waals surface area contributed by atoms with Crippen LogP contribution in [0.4, 0.5) is 0 Å². The number of rotatable bonds is 10. The highest BCUT2D eigenvalue weighted by Crippen LogP contribution is 2.37. The van der Waals surface area contributed by atoms with Crippen LogP contribution in [0.1, 0.15) is 42.1 Å². The fraction of sp³-hybridized carbons (Fsp3) is 0.194. The van der Waals surface area contributed by atoms with Crippen molar-refractivity contribution in [3.8, 4) is 16.9 Å². The maximum absolute atomic E-state index is 12.1. The molecule has 4 nitrogen and oxygen atoms in total. The van der Waals surface area contributed by atoms with Crippen LogP contribution >= 0.6 is 0 Å². The van der Waals surface area contributed by atoms with Crippen LogP contribution in [0, 0.1) is 0 Å². The molecule has 0 aromatic heterocycles. The Balaban J connectivity index is 1.79. The normalized spacial score (nSPS) is 12.8. The van der Waals surface area contributed by atoms with Crippen LogP contribution in [0.15, 0.2) is 109 Å². The molecule has 0 saturated carbocycles. The molecule has 178 valence electrons. The summed E-state index contributed by atoms with van der Waals surface area (Å²) in [4.78, 5) is 14.4. The molecule has 0 radical (unpaired) electrons. The van der Waals surface area contributed by atoms with Gasteiger partial charge < -0.3 is 9.84 Å². The van der Waals surface area contributed by atoms with Crippen molar-refractivity contribution in [1.29, 1.82) is 0 Å².